The first kappa shape index (κ1) is 14.0. The topological polar surface area (TPSA) is 67.3 Å². The van der Waals surface area contributed by atoms with E-state index < -0.39 is 0 Å². The highest BCUT2D eigenvalue weighted by Gasteiger charge is 2.28. The van der Waals surface area contributed by atoms with E-state index in [1.165, 1.54) is 5.56 Å². The highest BCUT2D eigenvalue weighted by molar-refractivity contribution is 5.95. The maximum Gasteiger partial charge on any atom is 0.255 e. The third kappa shape index (κ3) is 2.72. The lowest BCUT2D eigenvalue weighted by Crippen LogP contribution is -2.29. The molecule has 1 N–H and O–H groups in total. The fourth-order valence-corrected chi connectivity index (χ4v) is 3.17. The highest BCUT2D eigenvalue weighted by Crippen LogP contribution is 2.30. The lowest BCUT2D eigenvalue weighted by atomic mass is 10.00. The first-order valence-corrected chi connectivity index (χ1v) is 7.87. The van der Waals surface area contributed by atoms with Crippen molar-refractivity contribution in [2.24, 2.45) is 0 Å². The number of aromatic nitrogens is 2. The lowest BCUT2D eigenvalue weighted by Gasteiger charge is -2.20. The van der Waals surface area contributed by atoms with Crippen molar-refractivity contribution in [3.05, 3.63) is 47.9 Å². The van der Waals surface area contributed by atoms with Gasteiger partial charge in [0.2, 0.25) is 0 Å². The molecular formula is C17H18N4O2. The summed E-state index contributed by atoms with van der Waals surface area (Å²) in [5, 5.41) is 3.16. The van der Waals surface area contributed by atoms with Crippen LogP contribution in [0.4, 0.5) is 5.82 Å². The van der Waals surface area contributed by atoms with Crippen molar-refractivity contribution >= 4 is 11.7 Å². The van der Waals surface area contributed by atoms with E-state index in [2.05, 4.69) is 15.3 Å². The zero-order valence-electron chi connectivity index (χ0n) is 12.7. The predicted molar refractivity (Wildman–Crippen MR) is 85.7 cm³/mol. The van der Waals surface area contributed by atoms with Crippen molar-refractivity contribution in [1.82, 2.24) is 14.9 Å². The summed E-state index contributed by atoms with van der Waals surface area (Å²) in [7, 11) is 0. The number of hydrogen-bond donors (Lipinski definition) is 1. The molecule has 6 heteroatoms. The molecule has 118 valence electrons. The Morgan fingerprint density at radius 1 is 1.35 bits per heavy atom. The van der Waals surface area contributed by atoms with Gasteiger partial charge in [0.05, 0.1) is 12.1 Å². The number of ether oxygens (including phenoxy) is 1. The van der Waals surface area contributed by atoms with E-state index in [-0.39, 0.29) is 5.91 Å². The summed E-state index contributed by atoms with van der Waals surface area (Å²) < 4.78 is 5.56. The number of amides is 1. The SMILES string of the molecule is O=C(c1cnc2c(c1)OCCN2)N1CCC(c2ccncc2)C1. The van der Waals surface area contributed by atoms with Crippen LogP contribution in [0, 0.1) is 0 Å². The van der Waals surface area contributed by atoms with E-state index in [9.17, 15) is 4.79 Å². The summed E-state index contributed by atoms with van der Waals surface area (Å²) >= 11 is 0. The molecule has 2 aromatic rings. The van der Waals surface area contributed by atoms with Crippen molar-refractivity contribution in [3.63, 3.8) is 0 Å². The molecule has 1 saturated heterocycles. The number of rotatable bonds is 2. The molecule has 0 aliphatic carbocycles. The van der Waals surface area contributed by atoms with Crippen molar-refractivity contribution < 1.29 is 9.53 Å². The van der Waals surface area contributed by atoms with Gasteiger partial charge in [-0.2, -0.15) is 0 Å². The van der Waals surface area contributed by atoms with Gasteiger partial charge in [0.15, 0.2) is 11.6 Å². The standard InChI is InChI=1S/C17H18N4O2/c22-17(14-9-15-16(20-10-14)19-6-8-23-15)21-7-3-13(11-21)12-1-4-18-5-2-12/h1-2,4-5,9-10,13H,3,6-8,11H2,(H,19,20). The van der Waals surface area contributed by atoms with Crippen LogP contribution in [0.2, 0.25) is 0 Å². The van der Waals surface area contributed by atoms with Crippen LogP contribution in [-0.2, 0) is 0 Å². The maximum absolute atomic E-state index is 12.7. The first-order chi connectivity index (χ1) is 11.3. The Morgan fingerprint density at radius 3 is 3.09 bits per heavy atom. The summed E-state index contributed by atoms with van der Waals surface area (Å²) in [4.78, 5) is 22.9. The minimum Gasteiger partial charge on any atom is -0.488 e. The van der Waals surface area contributed by atoms with Gasteiger partial charge in [-0.05, 0) is 30.2 Å². The van der Waals surface area contributed by atoms with E-state index in [1.54, 1.807) is 24.7 Å². The molecule has 2 aliphatic heterocycles. The summed E-state index contributed by atoms with van der Waals surface area (Å²) in [5.74, 6) is 1.77. The Hall–Kier alpha value is -2.63. The molecule has 23 heavy (non-hydrogen) atoms. The van der Waals surface area contributed by atoms with E-state index in [0.29, 0.717) is 29.7 Å². The minimum absolute atomic E-state index is 0.0195. The molecule has 1 fully saturated rings. The van der Waals surface area contributed by atoms with Crippen LogP contribution >= 0.6 is 0 Å². The number of pyridine rings is 2. The molecule has 6 nitrogen and oxygen atoms in total. The van der Waals surface area contributed by atoms with E-state index in [4.69, 9.17) is 4.74 Å². The molecular weight excluding hydrogens is 292 g/mol. The second kappa shape index (κ2) is 5.87. The normalized spacial score (nSPS) is 19.7. The summed E-state index contributed by atoms with van der Waals surface area (Å²) in [6, 6.07) is 5.84. The number of anilines is 1. The third-order valence-electron chi connectivity index (χ3n) is 4.40. The average molecular weight is 310 g/mol. The summed E-state index contributed by atoms with van der Waals surface area (Å²) in [5.41, 5.74) is 1.83. The molecule has 1 amide bonds. The molecule has 1 atom stereocenters. The Balaban J connectivity index is 1.50. The van der Waals surface area contributed by atoms with Crippen LogP contribution in [0.25, 0.3) is 0 Å². The molecule has 4 heterocycles. The Labute approximate surface area is 134 Å². The van der Waals surface area contributed by atoms with Gasteiger partial charge in [0.25, 0.3) is 5.91 Å². The van der Waals surface area contributed by atoms with Gasteiger partial charge < -0.3 is 15.0 Å². The van der Waals surface area contributed by atoms with E-state index >= 15 is 0 Å². The maximum atomic E-state index is 12.7. The van der Waals surface area contributed by atoms with Crippen LogP contribution in [0.1, 0.15) is 28.3 Å². The summed E-state index contributed by atoms with van der Waals surface area (Å²) in [6.45, 7) is 2.84. The molecule has 4 rings (SSSR count). The highest BCUT2D eigenvalue weighted by atomic mass is 16.5. The number of fused-ring (bicyclic) bond motifs is 1. The van der Waals surface area contributed by atoms with Crippen LogP contribution in [-0.4, -0.2) is 47.0 Å². The van der Waals surface area contributed by atoms with Gasteiger partial charge in [-0.15, -0.1) is 0 Å². The Bertz CT molecular complexity index is 720. The Morgan fingerprint density at radius 2 is 2.22 bits per heavy atom. The number of carbonyl (C=O) groups excluding carboxylic acids is 1. The molecule has 0 saturated carbocycles. The largest absolute Gasteiger partial charge is 0.488 e. The van der Waals surface area contributed by atoms with Crippen molar-refractivity contribution in [3.8, 4) is 5.75 Å². The zero-order chi connectivity index (χ0) is 15.6. The average Bonchev–Trinajstić information content (AvgIpc) is 3.11. The van der Waals surface area contributed by atoms with E-state index in [1.807, 2.05) is 17.0 Å². The number of nitrogens with one attached hydrogen (secondary N) is 1. The van der Waals surface area contributed by atoms with E-state index in [0.717, 1.165) is 26.1 Å². The monoisotopic (exact) mass is 310 g/mol. The van der Waals surface area contributed by atoms with Crippen LogP contribution < -0.4 is 10.1 Å². The summed E-state index contributed by atoms with van der Waals surface area (Å²) in [6.07, 6.45) is 6.21. The van der Waals surface area contributed by atoms with Gasteiger partial charge in [-0.25, -0.2) is 4.98 Å². The van der Waals surface area contributed by atoms with Gasteiger partial charge in [0.1, 0.15) is 6.61 Å². The molecule has 0 bridgehead atoms. The number of hydrogen-bond acceptors (Lipinski definition) is 5. The smallest absolute Gasteiger partial charge is 0.255 e. The number of likely N-dealkylation sites (tertiary alicyclic amines) is 1. The van der Waals surface area contributed by atoms with Crippen molar-refractivity contribution in [2.45, 2.75) is 12.3 Å². The molecule has 1 unspecified atom stereocenters. The quantitative estimate of drug-likeness (QED) is 0.918. The van der Waals surface area contributed by atoms with Gasteiger partial charge in [-0.3, -0.25) is 9.78 Å². The van der Waals surface area contributed by atoms with Crippen LogP contribution in [0.3, 0.4) is 0 Å². The van der Waals surface area contributed by atoms with Crippen molar-refractivity contribution in [1.29, 1.82) is 0 Å². The second-order valence-corrected chi connectivity index (χ2v) is 5.86. The molecule has 2 aromatic heterocycles. The number of carbonyl (C=O) groups is 1. The number of nitrogens with zero attached hydrogens (tertiary/aromatic N) is 3. The Kier molecular flexibility index (Phi) is 3.57. The zero-order valence-corrected chi connectivity index (χ0v) is 12.7. The van der Waals surface area contributed by atoms with Crippen LogP contribution in [0.15, 0.2) is 36.8 Å². The van der Waals surface area contributed by atoms with Crippen molar-refractivity contribution in [2.75, 3.05) is 31.6 Å². The molecule has 0 aromatic carbocycles. The third-order valence-corrected chi connectivity index (χ3v) is 4.40. The lowest BCUT2D eigenvalue weighted by molar-refractivity contribution is 0.0790. The minimum atomic E-state index is 0.0195. The predicted octanol–water partition coefficient (Wildman–Crippen LogP) is 1.91. The molecule has 0 spiro atoms. The van der Waals surface area contributed by atoms with Gasteiger partial charge in [-0.1, -0.05) is 0 Å². The fourth-order valence-electron chi connectivity index (χ4n) is 3.17. The molecule has 0 radical (unpaired) electrons. The fraction of sp³-hybridized carbons (Fsp3) is 0.353. The first-order valence-electron chi connectivity index (χ1n) is 7.87. The van der Waals surface area contributed by atoms with Gasteiger partial charge in [0, 0.05) is 37.6 Å². The second-order valence-electron chi connectivity index (χ2n) is 5.86. The molecule has 2 aliphatic rings. The van der Waals surface area contributed by atoms with Gasteiger partial charge >= 0.3 is 0 Å². The van der Waals surface area contributed by atoms with Crippen LogP contribution in [0.5, 0.6) is 5.75 Å².